The molecule has 1 unspecified atom stereocenters. The Morgan fingerprint density at radius 3 is 2.65 bits per heavy atom. The first kappa shape index (κ1) is 14.0. The van der Waals surface area contributed by atoms with Gasteiger partial charge >= 0.3 is 0 Å². The summed E-state index contributed by atoms with van der Waals surface area (Å²) in [5.41, 5.74) is 0.633. The Hall–Kier alpha value is -1.09. The van der Waals surface area contributed by atoms with E-state index in [0.717, 1.165) is 18.5 Å². The minimum absolute atomic E-state index is 0.299. The zero-order valence-corrected chi connectivity index (χ0v) is 11.1. The fourth-order valence-electron chi connectivity index (χ4n) is 1.58. The lowest BCUT2D eigenvalue weighted by molar-refractivity contribution is 0.0792. The Balaban J connectivity index is 2.82. The molecule has 3 heteroatoms. The van der Waals surface area contributed by atoms with E-state index in [1.165, 1.54) is 6.07 Å². The normalized spacial score (nSPS) is 14.4. The topological polar surface area (TPSA) is 21.3 Å². The van der Waals surface area contributed by atoms with Gasteiger partial charge < -0.3 is 10.1 Å². The average Bonchev–Trinajstić information content (AvgIpc) is 2.31. The van der Waals surface area contributed by atoms with Gasteiger partial charge in [0.05, 0.1) is 0 Å². The van der Waals surface area contributed by atoms with Gasteiger partial charge in [0, 0.05) is 6.54 Å². The molecular weight excluding hydrogens is 217 g/mol. The van der Waals surface area contributed by atoms with Crippen molar-refractivity contribution >= 4 is 0 Å². The van der Waals surface area contributed by atoms with Gasteiger partial charge in [-0.3, -0.25) is 0 Å². The van der Waals surface area contributed by atoms with Gasteiger partial charge in [0.25, 0.3) is 0 Å². The molecule has 0 aromatic heterocycles. The third-order valence-electron chi connectivity index (χ3n) is 2.94. The average molecular weight is 239 g/mol. The molecule has 0 saturated carbocycles. The van der Waals surface area contributed by atoms with Crippen LogP contribution in [0, 0.1) is 12.7 Å². The predicted molar refractivity (Wildman–Crippen MR) is 69.0 cm³/mol. The van der Waals surface area contributed by atoms with Crippen molar-refractivity contribution in [1.29, 1.82) is 0 Å². The van der Waals surface area contributed by atoms with Crippen LogP contribution in [0.2, 0.25) is 0 Å². The van der Waals surface area contributed by atoms with Crippen LogP contribution in [-0.4, -0.2) is 18.7 Å². The monoisotopic (exact) mass is 239 g/mol. The van der Waals surface area contributed by atoms with Crippen molar-refractivity contribution in [1.82, 2.24) is 5.32 Å². The highest BCUT2D eigenvalue weighted by Crippen LogP contribution is 2.25. The van der Waals surface area contributed by atoms with Crippen LogP contribution in [0.5, 0.6) is 5.75 Å². The van der Waals surface area contributed by atoms with Crippen LogP contribution in [-0.2, 0) is 0 Å². The number of rotatable bonds is 6. The van der Waals surface area contributed by atoms with Crippen molar-refractivity contribution < 1.29 is 9.13 Å². The summed E-state index contributed by atoms with van der Waals surface area (Å²) in [5, 5.41) is 3.25. The van der Waals surface area contributed by atoms with Crippen LogP contribution < -0.4 is 10.1 Å². The van der Waals surface area contributed by atoms with Crippen LogP contribution >= 0.6 is 0 Å². The van der Waals surface area contributed by atoms with Crippen molar-refractivity contribution in [2.45, 2.75) is 39.7 Å². The summed E-state index contributed by atoms with van der Waals surface area (Å²) in [7, 11) is 0. The molecule has 96 valence electrons. The second-order valence-corrected chi connectivity index (χ2v) is 4.62. The zero-order valence-electron chi connectivity index (χ0n) is 11.1. The van der Waals surface area contributed by atoms with Crippen molar-refractivity contribution in [3.63, 3.8) is 0 Å². The van der Waals surface area contributed by atoms with E-state index in [1.807, 2.05) is 27.7 Å². The predicted octanol–water partition coefficient (Wildman–Crippen LogP) is 3.29. The molecule has 1 rings (SSSR count). The summed E-state index contributed by atoms with van der Waals surface area (Å²) in [6.07, 6.45) is 0.827. The number of hydrogen-bond acceptors (Lipinski definition) is 2. The smallest absolute Gasteiger partial charge is 0.165 e. The molecule has 1 aromatic rings. The first-order chi connectivity index (χ1) is 8.00. The van der Waals surface area contributed by atoms with Gasteiger partial charge in [-0.1, -0.05) is 19.9 Å². The first-order valence-corrected chi connectivity index (χ1v) is 6.16. The maximum Gasteiger partial charge on any atom is 0.165 e. The van der Waals surface area contributed by atoms with E-state index in [0.29, 0.717) is 12.3 Å². The highest BCUT2D eigenvalue weighted by molar-refractivity contribution is 5.30. The first-order valence-electron chi connectivity index (χ1n) is 6.16. The molecule has 0 bridgehead atoms. The molecule has 0 heterocycles. The standard InChI is InChI=1S/C14H22FNO/c1-5-14(4,10-16-6-2)17-13-9-11(3)7-8-12(13)15/h7-9,16H,5-6,10H2,1-4H3. The molecule has 0 amide bonds. The number of aryl methyl sites for hydroxylation is 1. The Labute approximate surface area is 103 Å². The van der Waals surface area contributed by atoms with Crippen LogP contribution in [0.1, 0.15) is 32.8 Å². The van der Waals surface area contributed by atoms with Gasteiger partial charge in [-0.25, -0.2) is 4.39 Å². The molecular formula is C14H22FNO. The summed E-state index contributed by atoms with van der Waals surface area (Å²) in [5.74, 6) is 0.0408. The van der Waals surface area contributed by atoms with Crippen molar-refractivity contribution in [2.24, 2.45) is 0 Å². The molecule has 0 spiro atoms. The molecule has 1 aromatic carbocycles. The molecule has 0 saturated heterocycles. The molecule has 0 aliphatic rings. The number of ether oxygens (including phenoxy) is 1. The van der Waals surface area contributed by atoms with E-state index in [4.69, 9.17) is 4.74 Å². The third-order valence-corrected chi connectivity index (χ3v) is 2.94. The Kier molecular flexibility index (Phi) is 4.94. The lowest BCUT2D eigenvalue weighted by atomic mass is 10.0. The number of nitrogens with one attached hydrogen (secondary N) is 1. The zero-order chi connectivity index (χ0) is 12.9. The fourth-order valence-corrected chi connectivity index (χ4v) is 1.58. The van der Waals surface area contributed by atoms with E-state index in [2.05, 4.69) is 5.32 Å². The molecule has 2 nitrogen and oxygen atoms in total. The Bertz CT molecular complexity index is 367. The Morgan fingerprint density at radius 1 is 1.35 bits per heavy atom. The number of hydrogen-bond donors (Lipinski definition) is 1. The lowest BCUT2D eigenvalue weighted by Crippen LogP contribution is -2.42. The molecule has 0 radical (unpaired) electrons. The Morgan fingerprint density at radius 2 is 2.06 bits per heavy atom. The minimum atomic E-state index is -0.370. The van der Waals surface area contributed by atoms with Crippen LogP contribution in [0.4, 0.5) is 4.39 Å². The highest BCUT2D eigenvalue weighted by atomic mass is 19.1. The summed E-state index contributed by atoms with van der Waals surface area (Å²) in [4.78, 5) is 0. The number of halogens is 1. The third kappa shape index (κ3) is 4.00. The van der Waals surface area contributed by atoms with Gasteiger partial charge in [-0.05, 0) is 44.5 Å². The summed E-state index contributed by atoms with van der Waals surface area (Å²) in [6, 6.07) is 4.94. The second kappa shape index (κ2) is 6.01. The van der Waals surface area contributed by atoms with Crippen molar-refractivity contribution in [2.75, 3.05) is 13.1 Å². The van der Waals surface area contributed by atoms with E-state index < -0.39 is 0 Å². The van der Waals surface area contributed by atoms with Gasteiger partial charge in [-0.15, -0.1) is 0 Å². The van der Waals surface area contributed by atoms with Gasteiger partial charge in [0.1, 0.15) is 5.60 Å². The highest BCUT2D eigenvalue weighted by Gasteiger charge is 2.24. The van der Waals surface area contributed by atoms with Gasteiger partial charge in [0.15, 0.2) is 11.6 Å². The van der Waals surface area contributed by atoms with Crippen LogP contribution in [0.3, 0.4) is 0 Å². The lowest BCUT2D eigenvalue weighted by Gasteiger charge is -2.30. The maximum atomic E-state index is 13.6. The second-order valence-electron chi connectivity index (χ2n) is 4.62. The molecule has 1 atom stereocenters. The van der Waals surface area contributed by atoms with Crippen molar-refractivity contribution in [3.8, 4) is 5.75 Å². The molecule has 17 heavy (non-hydrogen) atoms. The minimum Gasteiger partial charge on any atom is -0.483 e. The molecule has 0 aliphatic heterocycles. The van der Waals surface area contributed by atoms with E-state index in [9.17, 15) is 4.39 Å². The van der Waals surface area contributed by atoms with E-state index in [1.54, 1.807) is 12.1 Å². The largest absolute Gasteiger partial charge is 0.483 e. The van der Waals surface area contributed by atoms with E-state index in [-0.39, 0.29) is 11.4 Å². The molecule has 0 fully saturated rings. The summed E-state index contributed by atoms with van der Waals surface area (Å²) >= 11 is 0. The number of benzene rings is 1. The molecule has 1 N–H and O–H groups in total. The van der Waals surface area contributed by atoms with Crippen molar-refractivity contribution in [3.05, 3.63) is 29.6 Å². The van der Waals surface area contributed by atoms with Gasteiger partial charge in [0.2, 0.25) is 0 Å². The molecule has 0 aliphatic carbocycles. The SMILES string of the molecule is CCNCC(C)(CC)Oc1cc(C)ccc1F. The summed E-state index contributed by atoms with van der Waals surface area (Å²) < 4.78 is 19.4. The van der Waals surface area contributed by atoms with Crippen LogP contribution in [0.25, 0.3) is 0 Å². The summed E-state index contributed by atoms with van der Waals surface area (Å²) in [6.45, 7) is 9.62. The quantitative estimate of drug-likeness (QED) is 0.822. The maximum absolute atomic E-state index is 13.6. The van der Waals surface area contributed by atoms with Crippen LogP contribution in [0.15, 0.2) is 18.2 Å². The number of likely N-dealkylation sites (N-methyl/N-ethyl adjacent to an activating group) is 1. The van der Waals surface area contributed by atoms with Gasteiger partial charge in [-0.2, -0.15) is 0 Å². The fraction of sp³-hybridized carbons (Fsp3) is 0.571. The van der Waals surface area contributed by atoms with E-state index >= 15 is 0 Å².